The number of nitrogens with one attached hydrogen (secondary N) is 1. The first kappa shape index (κ1) is 10.8. The second-order valence-corrected chi connectivity index (χ2v) is 3.86. The Morgan fingerprint density at radius 1 is 1.17 bits per heavy atom. The fraction of sp³-hybridized carbons (Fsp3) is 0. The zero-order chi connectivity index (χ0) is 12.4. The van der Waals surface area contributed by atoms with E-state index in [9.17, 15) is 0 Å². The van der Waals surface area contributed by atoms with Crippen LogP contribution in [0.25, 0.3) is 5.65 Å². The molecule has 0 atom stereocenters. The summed E-state index contributed by atoms with van der Waals surface area (Å²) in [5, 5.41) is 4.47. The van der Waals surface area contributed by atoms with E-state index >= 15 is 0 Å². The number of halogens is 1. The van der Waals surface area contributed by atoms with Gasteiger partial charge in [-0.05, 0) is 12.1 Å². The maximum absolute atomic E-state index is 5.78. The first-order valence-electron chi connectivity index (χ1n) is 5.16. The molecule has 90 valence electrons. The van der Waals surface area contributed by atoms with Gasteiger partial charge in [-0.25, -0.2) is 15.0 Å². The molecule has 0 aliphatic heterocycles. The fourth-order valence-electron chi connectivity index (χ4n) is 1.43. The van der Waals surface area contributed by atoms with Crippen molar-refractivity contribution in [1.82, 2.24) is 19.6 Å². The van der Waals surface area contributed by atoms with Gasteiger partial charge in [0.05, 0.1) is 6.20 Å². The van der Waals surface area contributed by atoms with Crippen LogP contribution in [0.3, 0.4) is 0 Å². The lowest BCUT2D eigenvalue weighted by Gasteiger charge is -2.03. The van der Waals surface area contributed by atoms with Crippen LogP contribution in [0.2, 0.25) is 5.15 Å². The van der Waals surface area contributed by atoms with E-state index in [1.807, 2.05) is 0 Å². The molecule has 0 unspecified atom stereocenters. The number of imidazole rings is 1. The lowest BCUT2D eigenvalue weighted by Crippen LogP contribution is -2.04. The summed E-state index contributed by atoms with van der Waals surface area (Å²) in [7, 11) is 0. The average Bonchev–Trinajstić information content (AvgIpc) is 2.79. The van der Waals surface area contributed by atoms with E-state index in [0.29, 0.717) is 22.4 Å². The van der Waals surface area contributed by atoms with Crippen LogP contribution < -0.4 is 10.3 Å². The normalized spacial score (nSPS) is 10.5. The third kappa shape index (κ3) is 2.18. The Morgan fingerprint density at radius 3 is 2.83 bits per heavy atom. The Labute approximate surface area is 107 Å². The largest absolute Gasteiger partial charge is 0.381 e. The standard InChI is InChI=1S/C11H8ClN5O/c12-9-1-2-11-14-10(7-17(11)15-9)16-18-8-3-5-13-6-4-8/h1-7,16H. The van der Waals surface area contributed by atoms with Gasteiger partial charge in [0.1, 0.15) is 5.15 Å². The SMILES string of the molecule is Clc1ccc2nc(NOc3ccncc3)cn2n1. The molecule has 0 aliphatic rings. The fourth-order valence-corrected chi connectivity index (χ4v) is 1.57. The van der Waals surface area contributed by atoms with Gasteiger partial charge in [0.15, 0.2) is 17.2 Å². The molecule has 0 aliphatic carbocycles. The molecule has 0 saturated carbocycles. The molecular formula is C11H8ClN5O. The van der Waals surface area contributed by atoms with Gasteiger partial charge in [-0.1, -0.05) is 11.6 Å². The van der Waals surface area contributed by atoms with E-state index < -0.39 is 0 Å². The van der Waals surface area contributed by atoms with Crippen molar-refractivity contribution in [1.29, 1.82) is 0 Å². The van der Waals surface area contributed by atoms with E-state index in [1.165, 1.54) is 0 Å². The number of hydrogen-bond acceptors (Lipinski definition) is 5. The minimum absolute atomic E-state index is 0.404. The monoisotopic (exact) mass is 261 g/mol. The number of nitrogens with zero attached hydrogens (tertiary/aromatic N) is 4. The van der Waals surface area contributed by atoms with Gasteiger partial charge in [0.25, 0.3) is 0 Å². The van der Waals surface area contributed by atoms with Crippen LogP contribution in [-0.4, -0.2) is 19.6 Å². The summed E-state index contributed by atoms with van der Waals surface area (Å²) in [6.45, 7) is 0. The van der Waals surface area contributed by atoms with E-state index in [2.05, 4.69) is 20.5 Å². The molecule has 3 rings (SSSR count). The second-order valence-electron chi connectivity index (χ2n) is 3.47. The van der Waals surface area contributed by atoms with Crippen molar-refractivity contribution in [3.05, 3.63) is 48.0 Å². The maximum Gasteiger partial charge on any atom is 0.180 e. The van der Waals surface area contributed by atoms with Gasteiger partial charge < -0.3 is 4.84 Å². The van der Waals surface area contributed by atoms with Crippen LogP contribution in [0.1, 0.15) is 0 Å². The lowest BCUT2D eigenvalue weighted by molar-refractivity contribution is 0.402. The predicted octanol–water partition coefficient (Wildman–Crippen LogP) is 2.18. The van der Waals surface area contributed by atoms with Gasteiger partial charge in [0, 0.05) is 24.5 Å². The minimum Gasteiger partial charge on any atom is -0.381 e. The van der Waals surface area contributed by atoms with Crippen LogP contribution in [-0.2, 0) is 0 Å². The molecule has 3 aromatic rings. The Morgan fingerprint density at radius 2 is 2.00 bits per heavy atom. The van der Waals surface area contributed by atoms with Crippen molar-refractivity contribution in [3.8, 4) is 5.75 Å². The second kappa shape index (κ2) is 4.50. The van der Waals surface area contributed by atoms with E-state index in [4.69, 9.17) is 16.4 Å². The Kier molecular flexibility index (Phi) is 2.70. The molecule has 0 bridgehead atoms. The lowest BCUT2D eigenvalue weighted by atomic mass is 10.5. The maximum atomic E-state index is 5.78. The van der Waals surface area contributed by atoms with Crippen LogP contribution >= 0.6 is 11.6 Å². The quantitative estimate of drug-likeness (QED) is 0.732. The molecule has 18 heavy (non-hydrogen) atoms. The smallest absolute Gasteiger partial charge is 0.180 e. The molecule has 1 N–H and O–H groups in total. The van der Waals surface area contributed by atoms with E-state index in [1.54, 1.807) is 47.4 Å². The zero-order valence-electron chi connectivity index (χ0n) is 9.12. The van der Waals surface area contributed by atoms with Gasteiger partial charge in [-0.15, -0.1) is 0 Å². The highest BCUT2D eigenvalue weighted by atomic mass is 35.5. The summed E-state index contributed by atoms with van der Waals surface area (Å²) in [6, 6.07) is 6.92. The number of hydrogen-bond donors (Lipinski definition) is 1. The van der Waals surface area contributed by atoms with Crippen molar-refractivity contribution >= 4 is 23.1 Å². The molecule has 0 radical (unpaired) electrons. The van der Waals surface area contributed by atoms with Crippen molar-refractivity contribution in [3.63, 3.8) is 0 Å². The highest BCUT2D eigenvalue weighted by Crippen LogP contribution is 2.13. The molecular weight excluding hydrogens is 254 g/mol. The van der Waals surface area contributed by atoms with Crippen molar-refractivity contribution in [2.75, 3.05) is 5.48 Å². The highest BCUT2D eigenvalue weighted by molar-refractivity contribution is 6.29. The summed E-state index contributed by atoms with van der Waals surface area (Å²) >= 11 is 5.78. The first-order chi connectivity index (χ1) is 8.81. The van der Waals surface area contributed by atoms with Crippen molar-refractivity contribution < 1.29 is 4.84 Å². The number of rotatable bonds is 3. The number of pyridine rings is 1. The number of anilines is 1. The summed E-state index contributed by atoms with van der Waals surface area (Å²) in [6.07, 6.45) is 4.96. The summed E-state index contributed by atoms with van der Waals surface area (Å²) in [4.78, 5) is 13.5. The van der Waals surface area contributed by atoms with Crippen LogP contribution in [0.4, 0.5) is 5.82 Å². The molecule has 0 saturated heterocycles. The summed E-state index contributed by atoms with van der Waals surface area (Å²) < 4.78 is 1.57. The Bertz CT molecular complexity index is 670. The van der Waals surface area contributed by atoms with Gasteiger partial charge in [-0.3, -0.25) is 4.98 Å². The molecule has 0 amide bonds. The van der Waals surface area contributed by atoms with Crippen molar-refractivity contribution in [2.24, 2.45) is 0 Å². The summed E-state index contributed by atoms with van der Waals surface area (Å²) in [5.41, 5.74) is 3.41. The molecule has 3 aromatic heterocycles. The zero-order valence-corrected chi connectivity index (χ0v) is 9.87. The van der Waals surface area contributed by atoms with Crippen molar-refractivity contribution in [2.45, 2.75) is 0 Å². The van der Waals surface area contributed by atoms with Gasteiger partial charge >= 0.3 is 0 Å². The van der Waals surface area contributed by atoms with E-state index in [-0.39, 0.29) is 0 Å². The van der Waals surface area contributed by atoms with Crippen LogP contribution in [0.5, 0.6) is 5.75 Å². The first-order valence-corrected chi connectivity index (χ1v) is 5.54. The van der Waals surface area contributed by atoms with Gasteiger partial charge in [-0.2, -0.15) is 5.10 Å². The number of aromatic nitrogens is 4. The van der Waals surface area contributed by atoms with E-state index in [0.717, 1.165) is 0 Å². The highest BCUT2D eigenvalue weighted by Gasteiger charge is 2.03. The molecule has 3 heterocycles. The Hall–Kier alpha value is -2.34. The molecule has 0 fully saturated rings. The molecule has 0 spiro atoms. The number of fused-ring (bicyclic) bond motifs is 1. The van der Waals surface area contributed by atoms with Gasteiger partial charge in [0.2, 0.25) is 0 Å². The minimum atomic E-state index is 0.404. The topological polar surface area (TPSA) is 64.3 Å². The Balaban J connectivity index is 1.79. The van der Waals surface area contributed by atoms with Crippen LogP contribution in [0, 0.1) is 0 Å². The molecule has 7 heteroatoms. The molecule has 0 aromatic carbocycles. The summed E-state index contributed by atoms with van der Waals surface area (Å²) in [5.74, 6) is 1.19. The van der Waals surface area contributed by atoms with Crippen LogP contribution in [0.15, 0.2) is 42.9 Å². The predicted molar refractivity (Wildman–Crippen MR) is 66.5 cm³/mol. The third-order valence-corrected chi connectivity index (χ3v) is 2.41. The molecule has 6 nitrogen and oxygen atoms in total. The average molecular weight is 262 g/mol. The third-order valence-electron chi connectivity index (χ3n) is 2.21.